The van der Waals surface area contributed by atoms with Crippen LogP contribution in [0.15, 0.2) is 12.1 Å². The monoisotopic (exact) mass is 412 g/mol. The van der Waals surface area contributed by atoms with E-state index in [1.54, 1.807) is 0 Å². The van der Waals surface area contributed by atoms with Gasteiger partial charge >= 0.3 is 8.60 Å². The Balaban J connectivity index is 3.74. The number of rotatable bonds is 6. The van der Waals surface area contributed by atoms with Gasteiger partial charge in [-0.1, -0.05) is 81.4 Å². The van der Waals surface area contributed by atoms with Gasteiger partial charge in [0, 0.05) is 5.92 Å². The standard InChI is InChI=1S/C23H41O4P/c1-11-15(14-27-28(25)26)20(24)19-17(22(5,6)7)12-16(21(2,3)4)13-18(19)23(8,9)10/h12-13,15,20,24-26H,11,14H2,1-10H3. The maximum Gasteiger partial charge on any atom is 0.327 e. The summed E-state index contributed by atoms with van der Waals surface area (Å²) < 4.78 is 5.08. The summed E-state index contributed by atoms with van der Waals surface area (Å²) in [5, 5.41) is 11.4. The van der Waals surface area contributed by atoms with Crippen LogP contribution >= 0.6 is 8.60 Å². The largest absolute Gasteiger partial charge is 0.388 e. The van der Waals surface area contributed by atoms with Gasteiger partial charge < -0.3 is 19.4 Å². The zero-order valence-electron chi connectivity index (χ0n) is 19.4. The second-order valence-electron chi connectivity index (χ2n) is 10.9. The topological polar surface area (TPSA) is 69.9 Å². The molecule has 0 saturated carbocycles. The van der Waals surface area contributed by atoms with E-state index in [4.69, 9.17) is 14.3 Å². The average Bonchev–Trinajstić information content (AvgIpc) is 2.51. The lowest BCUT2D eigenvalue weighted by Crippen LogP contribution is -2.28. The molecule has 0 bridgehead atoms. The van der Waals surface area contributed by atoms with Crippen molar-refractivity contribution in [1.29, 1.82) is 0 Å². The third-order valence-corrected chi connectivity index (χ3v) is 5.71. The van der Waals surface area contributed by atoms with Crippen molar-refractivity contribution in [2.45, 2.75) is 98.0 Å². The van der Waals surface area contributed by atoms with Crippen LogP contribution in [0.1, 0.15) is 104 Å². The Bertz CT molecular complexity index is 613. The lowest BCUT2D eigenvalue weighted by Gasteiger charge is -2.37. The molecule has 0 heterocycles. The Morgan fingerprint density at radius 3 is 1.57 bits per heavy atom. The van der Waals surface area contributed by atoms with Crippen molar-refractivity contribution in [1.82, 2.24) is 0 Å². The highest BCUT2D eigenvalue weighted by Crippen LogP contribution is 2.43. The molecule has 0 amide bonds. The molecule has 4 nitrogen and oxygen atoms in total. The molecule has 0 aliphatic heterocycles. The molecule has 1 aromatic rings. The van der Waals surface area contributed by atoms with Gasteiger partial charge in [-0.3, -0.25) is 0 Å². The Labute approximate surface area is 173 Å². The lowest BCUT2D eigenvalue weighted by molar-refractivity contribution is 0.0654. The van der Waals surface area contributed by atoms with E-state index in [2.05, 4.69) is 74.4 Å². The van der Waals surface area contributed by atoms with Crippen LogP contribution in [-0.2, 0) is 20.8 Å². The fourth-order valence-corrected chi connectivity index (χ4v) is 3.80. The highest BCUT2D eigenvalue weighted by molar-refractivity contribution is 7.39. The van der Waals surface area contributed by atoms with Crippen molar-refractivity contribution in [2.75, 3.05) is 6.61 Å². The summed E-state index contributed by atoms with van der Waals surface area (Å²) in [4.78, 5) is 18.3. The fraction of sp³-hybridized carbons (Fsp3) is 0.739. The van der Waals surface area contributed by atoms with Gasteiger partial charge in [0.1, 0.15) is 0 Å². The molecule has 0 aliphatic carbocycles. The van der Waals surface area contributed by atoms with Crippen LogP contribution < -0.4 is 0 Å². The van der Waals surface area contributed by atoms with Gasteiger partial charge in [0.2, 0.25) is 0 Å². The van der Waals surface area contributed by atoms with Crippen molar-refractivity contribution in [3.63, 3.8) is 0 Å². The molecular weight excluding hydrogens is 371 g/mol. The molecule has 1 aromatic carbocycles. The van der Waals surface area contributed by atoms with Gasteiger partial charge in [-0.05, 0) is 44.9 Å². The first-order chi connectivity index (χ1) is 12.5. The molecule has 28 heavy (non-hydrogen) atoms. The third kappa shape index (κ3) is 6.50. The number of aliphatic hydroxyl groups excluding tert-OH is 1. The quantitative estimate of drug-likeness (QED) is 0.511. The second kappa shape index (κ2) is 9.10. The van der Waals surface area contributed by atoms with E-state index in [1.165, 1.54) is 5.56 Å². The summed E-state index contributed by atoms with van der Waals surface area (Å²) in [5.41, 5.74) is 4.23. The molecule has 0 aromatic heterocycles. The number of hydrogen-bond donors (Lipinski definition) is 3. The average molecular weight is 413 g/mol. The van der Waals surface area contributed by atoms with Crippen molar-refractivity contribution < 1.29 is 19.4 Å². The molecule has 0 radical (unpaired) electrons. The molecule has 3 N–H and O–H groups in total. The van der Waals surface area contributed by atoms with Crippen LogP contribution in [0.2, 0.25) is 0 Å². The number of hydrogen-bond acceptors (Lipinski definition) is 4. The maximum absolute atomic E-state index is 11.4. The highest BCUT2D eigenvalue weighted by atomic mass is 31.2. The van der Waals surface area contributed by atoms with E-state index in [-0.39, 0.29) is 28.8 Å². The summed E-state index contributed by atoms with van der Waals surface area (Å²) in [6.07, 6.45) is -0.0594. The van der Waals surface area contributed by atoms with Crippen molar-refractivity contribution in [2.24, 2.45) is 5.92 Å². The smallest absolute Gasteiger partial charge is 0.327 e. The molecule has 5 heteroatoms. The molecule has 0 fully saturated rings. The zero-order valence-corrected chi connectivity index (χ0v) is 20.3. The SMILES string of the molecule is CCC(COP(O)O)C(O)c1c(C(C)(C)C)cc(C(C)(C)C)cc1C(C)(C)C. The second-order valence-corrected chi connectivity index (χ2v) is 11.7. The molecule has 2 atom stereocenters. The molecule has 162 valence electrons. The maximum atomic E-state index is 11.4. The Morgan fingerprint density at radius 1 is 0.857 bits per heavy atom. The Morgan fingerprint density at radius 2 is 1.29 bits per heavy atom. The van der Waals surface area contributed by atoms with Gasteiger partial charge in [0.25, 0.3) is 0 Å². The normalized spacial score (nSPS) is 15.8. The van der Waals surface area contributed by atoms with Gasteiger partial charge in [0.05, 0.1) is 12.7 Å². The Hall–Kier alpha value is -0.510. The van der Waals surface area contributed by atoms with Gasteiger partial charge in [-0.25, -0.2) is 0 Å². The van der Waals surface area contributed by atoms with E-state index in [9.17, 15) is 5.11 Å². The van der Waals surface area contributed by atoms with E-state index < -0.39 is 14.7 Å². The van der Waals surface area contributed by atoms with Crippen LogP contribution in [0.4, 0.5) is 0 Å². The van der Waals surface area contributed by atoms with Crippen LogP contribution in [0, 0.1) is 5.92 Å². The molecule has 1 rings (SSSR count). The van der Waals surface area contributed by atoms with Crippen molar-refractivity contribution >= 4 is 8.60 Å². The summed E-state index contributed by atoms with van der Waals surface area (Å²) in [6.45, 7) is 21.8. The van der Waals surface area contributed by atoms with Crippen molar-refractivity contribution in [3.05, 3.63) is 34.4 Å². The summed E-state index contributed by atoms with van der Waals surface area (Å²) >= 11 is 0. The molecular formula is C23H41O4P. The lowest BCUT2D eigenvalue weighted by atomic mass is 9.70. The predicted octanol–water partition coefficient (Wildman–Crippen LogP) is 5.87. The number of aliphatic hydroxyl groups is 1. The summed E-state index contributed by atoms with van der Waals surface area (Å²) in [5.74, 6) is -0.216. The zero-order chi connectivity index (χ0) is 22.1. The molecule has 0 saturated heterocycles. The minimum Gasteiger partial charge on any atom is -0.388 e. The summed E-state index contributed by atoms with van der Waals surface area (Å²) in [7, 11) is -2.42. The third-order valence-electron chi connectivity index (χ3n) is 5.33. The van der Waals surface area contributed by atoms with Crippen LogP contribution in [0.3, 0.4) is 0 Å². The first-order valence-corrected chi connectivity index (χ1v) is 11.3. The van der Waals surface area contributed by atoms with E-state index in [1.807, 2.05) is 6.92 Å². The molecule has 0 spiro atoms. The van der Waals surface area contributed by atoms with Crippen molar-refractivity contribution in [3.8, 4) is 0 Å². The first-order valence-electron chi connectivity index (χ1n) is 10.2. The van der Waals surface area contributed by atoms with E-state index in [0.717, 1.165) is 16.7 Å². The van der Waals surface area contributed by atoms with Crippen LogP contribution in [0.25, 0.3) is 0 Å². The van der Waals surface area contributed by atoms with Gasteiger partial charge in [0.15, 0.2) is 0 Å². The van der Waals surface area contributed by atoms with E-state index >= 15 is 0 Å². The first kappa shape index (κ1) is 25.5. The fourth-order valence-electron chi connectivity index (χ4n) is 3.48. The van der Waals surface area contributed by atoms with E-state index in [0.29, 0.717) is 6.42 Å². The predicted molar refractivity (Wildman–Crippen MR) is 119 cm³/mol. The Kier molecular flexibility index (Phi) is 8.30. The number of benzene rings is 1. The van der Waals surface area contributed by atoms with Crippen LogP contribution in [-0.4, -0.2) is 21.5 Å². The minimum absolute atomic E-state index is 0.000360. The molecule has 2 unspecified atom stereocenters. The van der Waals surface area contributed by atoms with Gasteiger partial charge in [-0.2, -0.15) is 0 Å². The van der Waals surface area contributed by atoms with Gasteiger partial charge in [-0.15, -0.1) is 0 Å². The molecule has 0 aliphatic rings. The minimum atomic E-state index is -2.42. The van der Waals surface area contributed by atoms with Crippen LogP contribution in [0.5, 0.6) is 0 Å². The highest BCUT2D eigenvalue weighted by Gasteiger charge is 2.34. The summed E-state index contributed by atoms with van der Waals surface area (Å²) in [6, 6.07) is 4.48.